The van der Waals surface area contributed by atoms with Gasteiger partial charge in [0, 0.05) is 12.6 Å². The third kappa shape index (κ3) is 4.60. The van der Waals surface area contributed by atoms with E-state index in [1.807, 2.05) is 30.3 Å². The van der Waals surface area contributed by atoms with Crippen LogP contribution in [0.25, 0.3) is 0 Å². The Balaban J connectivity index is 1.64. The molecule has 0 amide bonds. The number of rotatable bonds is 8. The lowest BCUT2D eigenvalue weighted by atomic mass is 10.1. The van der Waals surface area contributed by atoms with Gasteiger partial charge in [0.25, 0.3) is 0 Å². The third-order valence-electron chi connectivity index (χ3n) is 3.77. The first-order chi connectivity index (χ1) is 12.8. The summed E-state index contributed by atoms with van der Waals surface area (Å²) in [4.78, 5) is 4.43. The van der Waals surface area contributed by atoms with Gasteiger partial charge in [-0.05, 0) is 24.1 Å². The van der Waals surface area contributed by atoms with Gasteiger partial charge in [-0.1, -0.05) is 30.3 Å². The van der Waals surface area contributed by atoms with Crippen LogP contribution in [0.2, 0.25) is 0 Å². The van der Waals surface area contributed by atoms with Crippen molar-refractivity contribution in [3.05, 3.63) is 60.3 Å². The molecule has 2 N–H and O–H groups in total. The fourth-order valence-corrected chi connectivity index (χ4v) is 2.44. The number of nitrogens with one attached hydrogen (secondary N) is 2. The van der Waals surface area contributed by atoms with E-state index in [4.69, 9.17) is 9.47 Å². The second kappa shape index (κ2) is 8.66. The topological polar surface area (TPSA) is 81.2 Å². The van der Waals surface area contributed by atoms with Gasteiger partial charge < -0.3 is 20.1 Å². The number of benzene rings is 2. The summed E-state index contributed by atoms with van der Waals surface area (Å²) in [6, 6.07) is 15.8. The zero-order chi connectivity index (χ0) is 18.2. The number of hydrogen-bond acceptors (Lipinski definition) is 7. The molecule has 2 aromatic carbocycles. The van der Waals surface area contributed by atoms with Crippen molar-refractivity contribution in [3.63, 3.8) is 0 Å². The molecule has 0 fully saturated rings. The van der Waals surface area contributed by atoms with Gasteiger partial charge in [-0.25, -0.2) is 0 Å². The van der Waals surface area contributed by atoms with Gasteiger partial charge in [0.05, 0.1) is 26.1 Å². The molecule has 0 aliphatic rings. The van der Waals surface area contributed by atoms with Crippen molar-refractivity contribution in [1.29, 1.82) is 0 Å². The Morgan fingerprint density at radius 1 is 1.00 bits per heavy atom. The zero-order valence-electron chi connectivity index (χ0n) is 14.8. The second-order valence-electron chi connectivity index (χ2n) is 5.52. The first kappa shape index (κ1) is 17.5. The minimum Gasteiger partial charge on any atom is -0.497 e. The number of aromatic nitrogens is 3. The molecule has 0 radical (unpaired) electrons. The summed E-state index contributed by atoms with van der Waals surface area (Å²) < 4.78 is 10.6. The minimum atomic E-state index is 0.471. The third-order valence-corrected chi connectivity index (χ3v) is 3.77. The highest BCUT2D eigenvalue weighted by Crippen LogP contribution is 2.30. The fourth-order valence-electron chi connectivity index (χ4n) is 2.44. The van der Waals surface area contributed by atoms with Crippen LogP contribution in [0.5, 0.6) is 11.5 Å². The Labute approximate surface area is 152 Å². The molecule has 7 heteroatoms. The predicted octanol–water partition coefficient (Wildman–Crippen LogP) is 3.29. The summed E-state index contributed by atoms with van der Waals surface area (Å²) in [6.07, 6.45) is 2.44. The lowest BCUT2D eigenvalue weighted by molar-refractivity contribution is 0.395. The molecule has 0 atom stereocenters. The maximum absolute atomic E-state index is 5.38. The molecule has 0 saturated heterocycles. The predicted molar refractivity (Wildman–Crippen MR) is 101 cm³/mol. The molecule has 3 aromatic rings. The van der Waals surface area contributed by atoms with Crippen LogP contribution >= 0.6 is 0 Å². The average Bonchev–Trinajstić information content (AvgIpc) is 2.69. The largest absolute Gasteiger partial charge is 0.497 e. The molecule has 0 saturated carbocycles. The van der Waals surface area contributed by atoms with Crippen LogP contribution in [0, 0.1) is 0 Å². The van der Waals surface area contributed by atoms with Crippen LogP contribution in [-0.2, 0) is 6.42 Å². The van der Waals surface area contributed by atoms with Crippen LogP contribution in [-0.4, -0.2) is 35.9 Å². The molecule has 134 valence electrons. The van der Waals surface area contributed by atoms with E-state index in [1.54, 1.807) is 26.5 Å². The van der Waals surface area contributed by atoms with Crippen molar-refractivity contribution in [3.8, 4) is 11.5 Å². The number of nitrogens with zero attached hydrogens (tertiary/aromatic N) is 3. The quantitative estimate of drug-likeness (QED) is 0.644. The van der Waals surface area contributed by atoms with Crippen molar-refractivity contribution in [2.24, 2.45) is 0 Å². The SMILES string of the molecule is COc1ccc(Nc2cnnc(NCCc3ccccc3)n2)c(OC)c1. The van der Waals surface area contributed by atoms with E-state index in [-0.39, 0.29) is 0 Å². The maximum Gasteiger partial charge on any atom is 0.244 e. The normalized spacial score (nSPS) is 10.2. The number of methoxy groups -OCH3 is 2. The number of ether oxygens (including phenoxy) is 2. The molecular weight excluding hydrogens is 330 g/mol. The first-order valence-corrected chi connectivity index (χ1v) is 8.25. The molecule has 0 bridgehead atoms. The highest BCUT2D eigenvalue weighted by molar-refractivity contribution is 5.65. The van der Waals surface area contributed by atoms with E-state index in [0.29, 0.717) is 17.5 Å². The molecule has 7 nitrogen and oxygen atoms in total. The molecular formula is C19H21N5O2. The van der Waals surface area contributed by atoms with Crippen LogP contribution in [0.15, 0.2) is 54.7 Å². The van der Waals surface area contributed by atoms with Crippen molar-refractivity contribution in [2.45, 2.75) is 6.42 Å². The van der Waals surface area contributed by atoms with Crippen LogP contribution in [0.3, 0.4) is 0 Å². The van der Waals surface area contributed by atoms with E-state index in [2.05, 4.69) is 37.9 Å². The Morgan fingerprint density at radius 3 is 2.62 bits per heavy atom. The number of anilines is 3. The summed E-state index contributed by atoms with van der Waals surface area (Å²) in [5.74, 6) is 2.42. The molecule has 1 heterocycles. The standard InChI is InChI=1S/C19H21N5O2/c1-25-15-8-9-16(17(12-15)26-2)22-18-13-21-24-19(23-18)20-11-10-14-6-4-3-5-7-14/h3-9,12-13H,10-11H2,1-2H3,(H2,20,22,23,24). The van der Waals surface area contributed by atoms with Gasteiger partial charge in [0.1, 0.15) is 11.5 Å². The zero-order valence-corrected chi connectivity index (χ0v) is 14.8. The lowest BCUT2D eigenvalue weighted by Crippen LogP contribution is -2.09. The van der Waals surface area contributed by atoms with E-state index in [9.17, 15) is 0 Å². The van der Waals surface area contributed by atoms with Crippen molar-refractivity contribution < 1.29 is 9.47 Å². The van der Waals surface area contributed by atoms with Crippen molar-refractivity contribution >= 4 is 17.5 Å². The van der Waals surface area contributed by atoms with Gasteiger partial charge in [-0.15, -0.1) is 5.10 Å². The molecule has 0 aliphatic carbocycles. The number of hydrogen-bond donors (Lipinski definition) is 2. The molecule has 1 aromatic heterocycles. The van der Waals surface area contributed by atoms with Gasteiger partial charge in [0.2, 0.25) is 5.95 Å². The monoisotopic (exact) mass is 351 g/mol. The summed E-state index contributed by atoms with van der Waals surface area (Å²) in [7, 11) is 3.22. The Morgan fingerprint density at radius 2 is 1.85 bits per heavy atom. The highest BCUT2D eigenvalue weighted by atomic mass is 16.5. The van der Waals surface area contributed by atoms with Gasteiger partial charge >= 0.3 is 0 Å². The smallest absolute Gasteiger partial charge is 0.244 e. The fraction of sp³-hybridized carbons (Fsp3) is 0.211. The highest BCUT2D eigenvalue weighted by Gasteiger charge is 2.07. The summed E-state index contributed by atoms with van der Waals surface area (Å²) in [5, 5.41) is 14.4. The van der Waals surface area contributed by atoms with E-state index in [0.717, 1.165) is 24.4 Å². The van der Waals surface area contributed by atoms with E-state index >= 15 is 0 Å². The average molecular weight is 351 g/mol. The summed E-state index contributed by atoms with van der Waals surface area (Å²) in [5.41, 5.74) is 2.02. The van der Waals surface area contributed by atoms with Gasteiger partial charge in [-0.3, -0.25) is 0 Å². The maximum atomic E-state index is 5.38. The molecule has 0 spiro atoms. The second-order valence-corrected chi connectivity index (χ2v) is 5.52. The lowest BCUT2D eigenvalue weighted by Gasteiger charge is -2.12. The van der Waals surface area contributed by atoms with Crippen LogP contribution in [0.1, 0.15) is 5.56 Å². The molecule has 26 heavy (non-hydrogen) atoms. The van der Waals surface area contributed by atoms with E-state index in [1.165, 1.54) is 5.56 Å². The van der Waals surface area contributed by atoms with Crippen LogP contribution in [0.4, 0.5) is 17.5 Å². The first-order valence-electron chi connectivity index (χ1n) is 8.25. The van der Waals surface area contributed by atoms with Crippen LogP contribution < -0.4 is 20.1 Å². The minimum absolute atomic E-state index is 0.471. The van der Waals surface area contributed by atoms with Crippen molar-refractivity contribution in [2.75, 3.05) is 31.4 Å². The van der Waals surface area contributed by atoms with E-state index < -0.39 is 0 Å². The molecule has 3 rings (SSSR count). The Hall–Kier alpha value is -3.35. The summed E-state index contributed by atoms with van der Waals surface area (Å²) >= 11 is 0. The Kier molecular flexibility index (Phi) is 5.82. The summed E-state index contributed by atoms with van der Waals surface area (Å²) in [6.45, 7) is 0.723. The van der Waals surface area contributed by atoms with Crippen molar-refractivity contribution in [1.82, 2.24) is 15.2 Å². The molecule has 0 aliphatic heterocycles. The Bertz CT molecular complexity index is 842. The molecule has 0 unspecified atom stereocenters. The van der Waals surface area contributed by atoms with Gasteiger partial charge in [0.15, 0.2) is 5.82 Å². The van der Waals surface area contributed by atoms with Gasteiger partial charge in [-0.2, -0.15) is 10.1 Å².